The number of nitrogens with zero attached hydrogens (tertiary/aromatic N) is 1. The highest BCUT2D eigenvalue weighted by atomic mass is 15.1. The van der Waals surface area contributed by atoms with Crippen molar-refractivity contribution >= 4 is 17.0 Å². The second-order valence-corrected chi connectivity index (χ2v) is 6.34. The van der Waals surface area contributed by atoms with Crippen LogP contribution in [-0.4, -0.2) is 9.97 Å². The molecule has 112 valence electrons. The van der Waals surface area contributed by atoms with Crippen molar-refractivity contribution in [3.05, 3.63) is 58.7 Å². The van der Waals surface area contributed by atoms with Crippen molar-refractivity contribution in [3.63, 3.8) is 0 Å². The Balaban J connectivity index is 1.70. The minimum atomic E-state index is 0.350. The van der Waals surface area contributed by atoms with Gasteiger partial charge < -0.3 is 10.3 Å². The van der Waals surface area contributed by atoms with Gasteiger partial charge in [-0.05, 0) is 61.9 Å². The molecule has 0 saturated carbocycles. The molecule has 3 nitrogen and oxygen atoms in total. The number of para-hydroxylation sites is 2. The Hall–Kier alpha value is -2.29. The summed E-state index contributed by atoms with van der Waals surface area (Å²) in [6.07, 6.45) is 3.58. The number of aryl methyl sites for hydroxylation is 2. The molecule has 1 aliphatic rings. The Morgan fingerprint density at radius 2 is 2.05 bits per heavy atom. The Bertz CT molecular complexity index is 799. The SMILES string of the molecule is Cc1cc(C)c2c(c1)C(Nc1nc3ccccc3[nH]1)CCC2. The molecule has 0 fully saturated rings. The molecule has 1 unspecified atom stereocenters. The summed E-state index contributed by atoms with van der Waals surface area (Å²) in [5, 5.41) is 3.61. The maximum absolute atomic E-state index is 4.66. The van der Waals surface area contributed by atoms with Gasteiger partial charge in [-0.15, -0.1) is 0 Å². The summed E-state index contributed by atoms with van der Waals surface area (Å²) in [7, 11) is 0. The largest absolute Gasteiger partial charge is 0.349 e. The molecule has 0 saturated heterocycles. The van der Waals surface area contributed by atoms with Gasteiger partial charge in [0.2, 0.25) is 5.95 Å². The number of aromatic amines is 1. The molecule has 0 radical (unpaired) electrons. The van der Waals surface area contributed by atoms with Crippen LogP contribution in [0.25, 0.3) is 11.0 Å². The van der Waals surface area contributed by atoms with E-state index < -0.39 is 0 Å². The number of hydrogen-bond donors (Lipinski definition) is 2. The van der Waals surface area contributed by atoms with Gasteiger partial charge in [0, 0.05) is 0 Å². The van der Waals surface area contributed by atoms with Crippen LogP contribution in [0.3, 0.4) is 0 Å². The second-order valence-electron chi connectivity index (χ2n) is 6.34. The third-order valence-corrected chi connectivity index (χ3v) is 4.65. The molecule has 0 amide bonds. The van der Waals surface area contributed by atoms with Crippen molar-refractivity contribution in [3.8, 4) is 0 Å². The van der Waals surface area contributed by atoms with E-state index in [0.717, 1.165) is 23.4 Å². The first kappa shape index (κ1) is 13.4. The van der Waals surface area contributed by atoms with Crippen LogP contribution >= 0.6 is 0 Å². The highest BCUT2D eigenvalue weighted by Gasteiger charge is 2.22. The van der Waals surface area contributed by atoms with Crippen molar-refractivity contribution < 1.29 is 0 Å². The zero-order valence-corrected chi connectivity index (χ0v) is 13.1. The lowest BCUT2D eigenvalue weighted by atomic mass is 9.84. The number of fused-ring (bicyclic) bond motifs is 2. The van der Waals surface area contributed by atoms with Crippen LogP contribution < -0.4 is 5.32 Å². The van der Waals surface area contributed by atoms with E-state index in [2.05, 4.69) is 47.3 Å². The van der Waals surface area contributed by atoms with Crippen molar-refractivity contribution in [1.29, 1.82) is 0 Å². The maximum Gasteiger partial charge on any atom is 0.201 e. The minimum absolute atomic E-state index is 0.350. The van der Waals surface area contributed by atoms with Crippen molar-refractivity contribution in [2.24, 2.45) is 0 Å². The van der Waals surface area contributed by atoms with Gasteiger partial charge in [0.25, 0.3) is 0 Å². The van der Waals surface area contributed by atoms with Gasteiger partial charge in [-0.2, -0.15) is 0 Å². The number of anilines is 1. The van der Waals surface area contributed by atoms with Crippen LogP contribution in [0.4, 0.5) is 5.95 Å². The summed E-state index contributed by atoms with van der Waals surface area (Å²) >= 11 is 0. The molecule has 1 aliphatic carbocycles. The third kappa shape index (κ3) is 2.27. The van der Waals surface area contributed by atoms with Gasteiger partial charge in [0.15, 0.2) is 0 Å². The summed E-state index contributed by atoms with van der Waals surface area (Å²) < 4.78 is 0. The molecule has 3 aromatic rings. The Kier molecular flexibility index (Phi) is 3.14. The normalized spacial score (nSPS) is 17.5. The first-order valence-corrected chi connectivity index (χ1v) is 8.02. The number of hydrogen-bond acceptors (Lipinski definition) is 2. The van der Waals surface area contributed by atoms with Crippen molar-refractivity contribution in [2.45, 2.75) is 39.2 Å². The average Bonchev–Trinajstić information content (AvgIpc) is 2.90. The van der Waals surface area contributed by atoms with Crippen LogP contribution in [0.15, 0.2) is 36.4 Å². The fourth-order valence-electron chi connectivity index (χ4n) is 3.66. The molecular weight excluding hydrogens is 270 g/mol. The first-order valence-electron chi connectivity index (χ1n) is 8.02. The lowest BCUT2D eigenvalue weighted by Gasteiger charge is -2.28. The average molecular weight is 291 g/mol. The van der Waals surface area contributed by atoms with Crippen molar-refractivity contribution in [1.82, 2.24) is 9.97 Å². The van der Waals surface area contributed by atoms with E-state index in [1.807, 2.05) is 18.2 Å². The number of benzene rings is 2. The van der Waals surface area contributed by atoms with Crippen LogP contribution in [0.5, 0.6) is 0 Å². The molecule has 1 aromatic heterocycles. The second kappa shape index (κ2) is 5.16. The topological polar surface area (TPSA) is 40.7 Å². The molecule has 1 atom stereocenters. The molecule has 4 rings (SSSR count). The van der Waals surface area contributed by atoms with E-state index in [9.17, 15) is 0 Å². The third-order valence-electron chi connectivity index (χ3n) is 4.65. The van der Waals surface area contributed by atoms with Gasteiger partial charge in [-0.25, -0.2) is 4.98 Å². The zero-order valence-electron chi connectivity index (χ0n) is 13.1. The molecule has 2 aromatic carbocycles. The van der Waals surface area contributed by atoms with E-state index in [-0.39, 0.29) is 0 Å². The highest BCUT2D eigenvalue weighted by Crippen LogP contribution is 2.34. The lowest BCUT2D eigenvalue weighted by Crippen LogP contribution is -2.19. The quantitative estimate of drug-likeness (QED) is 0.720. The predicted molar refractivity (Wildman–Crippen MR) is 91.3 cm³/mol. The lowest BCUT2D eigenvalue weighted by molar-refractivity contribution is 0.594. The van der Waals surface area contributed by atoms with E-state index in [0.29, 0.717) is 6.04 Å². The van der Waals surface area contributed by atoms with E-state index in [1.165, 1.54) is 35.1 Å². The molecule has 2 N–H and O–H groups in total. The number of imidazole rings is 1. The molecule has 3 heteroatoms. The van der Waals surface area contributed by atoms with Gasteiger partial charge >= 0.3 is 0 Å². The fraction of sp³-hybridized carbons (Fsp3) is 0.316. The van der Waals surface area contributed by atoms with Gasteiger partial charge in [-0.3, -0.25) is 0 Å². The summed E-state index contributed by atoms with van der Waals surface area (Å²) in [5.41, 5.74) is 7.83. The van der Waals surface area contributed by atoms with Crippen LogP contribution in [0.2, 0.25) is 0 Å². The predicted octanol–water partition coefficient (Wildman–Crippen LogP) is 4.67. The number of aromatic nitrogens is 2. The molecule has 22 heavy (non-hydrogen) atoms. The van der Waals surface area contributed by atoms with Crippen LogP contribution in [0.1, 0.15) is 41.1 Å². The zero-order chi connectivity index (χ0) is 15.1. The molecule has 1 heterocycles. The van der Waals surface area contributed by atoms with Crippen molar-refractivity contribution in [2.75, 3.05) is 5.32 Å². The minimum Gasteiger partial charge on any atom is -0.349 e. The smallest absolute Gasteiger partial charge is 0.201 e. The number of rotatable bonds is 2. The van der Waals surface area contributed by atoms with Gasteiger partial charge in [-0.1, -0.05) is 29.8 Å². The summed E-state index contributed by atoms with van der Waals surface area (Å²) in [5.74, 6) is 0.873. The summed E-state index contributed by atoms with van der Waals surface area (Å²) in [6, 6.07) is 13.1. The van der Waals surface area contributed by atoms with Crippen LogP contribution in [0, 0.1) is 13.8 Å². The molecule has 0 aliphatic heterocycles. The van der Waals surface area contributed by atoms with E-state index in [1.54, 1.807) is 0 Å². The maximum atomic E-state index is 4.66. The first-order chi connectivity index (χ1) is 10.7. The summed E-state index contributed by atoms with van der Waals surface area (Å²) in [4.78, 5) is 8.04. The monoisotopic (exact) mass is 291 g/mol. The fourth-order valence-corrected chi connectivity index (χ4v) is 3.66. The van der Waals surface area contributed by atoms with E-state index >= 15 is 0 Å². The molecule has 0 bridgehead atoms. The summed E-state index contributed by atoms with van der Waals surface area (Å²) in [6.45, 7) is 4.41. The molecular formula is C19H21N3. The Morgan fingerprint density at radius 1 is 1.18 bits per heavy atom. The Morgan fingerprint density at radius 3 is 2.91 bits per heavy atom. The number of nitrogens with one attached hydrogen (secondary N) is 2. The van der Waals surface area contributed by atoms with Crippen LogP contribution in [-0.2, 0) is 6.42 Å². The van der Waals surface area contributed by atoms with Gasteiger partial charge in [0.05, 0.1) is 17.1 Å². The number of H-pyrrole nitrogens is 1. The van der Waals surface area contributed by atoms with E-state index in [4.69, 9.17) is 0 Å². The molecule has 0 spiro atoms. The standard InChI is InChI=1S/C19H21N3/c1-12-10-13(2)14-6-5-9-16(15(14)11-12)20-19-21-17-7-3-4-8-18(17)22-19/h3-4,7-8,10-11,16H,5-6,9H2,1-2H3,(H2,20,21,22). The van der Waals surface area contributed by atoms with Gasteiger partial charge in [0.1, 0.15) is 0 Å². The highest BCUT2D eigenvalue weighted by molar-refractivity contribution is 5.77. The Labute approximate surface area is 130 Å².